The Hall–Kier alpha value is -1.98. The number of ether oxygens (including phenoxy) is 1. The number of amides is 1. The van der Waals surface area contributed by atoms with Crippen LogP contribution in [0.3, 0.4) is 0 Å². The second-order valence-electron chi connectivity index (χ2n) is 6.63. The Labute approximate surface area is 159 Å². The van der Waals surface area contributed by atoms with Crippen molar-refractivity contribution >= 4 is 17.5 Å². The van der Waals surface area contributed by atoms with Crippen molar-refractivity contribution in [2.24, 2.45) is 0 Å². The van der Waals surface area contributed by atoms with Crippen LogP contribution in [0.1, 0.15) is 36.6 Å². The minimum absolute atomic E-state index is 0.0219. The summed E-state index contributed by atoms with van der Waals surface area (Å²) in [6, 6.07) is 9.29. The van der Waals surface area contributed by atoms with Gasteiger partial charge in [0.15, 0.2) is 6.61 Å². The van der Waals surface area contributed by atoms with E-state index in [1.54, 1.807) is 18.4 Å². The van der Waals surface area contributed by atoms with Crippen molar-refractivity contribution in [3.05, 3.63) is 52.9 Å². The van der Waals surface area contributed by atoms with E-state index in [0.717, 1.165) is 24.4 Å². The molecule has 1 aromatic heterocycles. The highest BCUT2D eigenvalue weighted by Crippen LogP contribution is 2.24. The fourth-order valence-electron chi connectivity index (χ4n) is 3.24. The molecule has 0 bridgehead atoms. The number of benzene rings is 1. The lowest BCUT2D eigenvalue weighted by Gasteiger charge is -2.33. The molecule has 0 unspecified atom stereocenters. The number of hydrogen-bond donors (Lipinski definition) is 1. The average Bonchev–Trinajstić information content (AvgIpc) is 3.18. The topological polar surface area (TPSA) is 54.7 Å². The first-order valence-corrected chi connectivity index (χ1v) is 9.44. The normalized spacial score (nSPS) is 16.2. The second kappa shape index (κ2) is 9.10. The zero-order chi connectivity index (χ0) is 18.4. The molecule has 1 amide bonds. The third-order valence-corrected chi connectivity index (χ3v) is 5.12. The van der Waals surface area contributed by atoms with Gasteiger partial charge in [-0.05, 0) is 68.8 Å². The molecule has 5 nitrogen and oxygen atoms in total. The van der Waals surface area contributed by atoms with Crippen LogP contribution in [0.5, 0.6) is 5.75 Å². The lowest BCUT2D eigenvalue weighted by atomic mass is 10.1. The molecule has 1 aliphatic heterocycles. The number of hydrogen-bond acceptors (Lipinski definition) is 4. The molecule has 140 valence electrons. The number of nitrogens with one attached hydrogen (secondary N) is 1. The van der Waals surface area contributed by atoms with Gasteiger partial charge in [-0.1, -0.05) is 18.0 Å². The number of furan rings is 1. The smallest absolute Gasteiger partial charge is 0.258 e. The zero-order valence-electron chi connectivity index (χ0n) is 15.0. The van der Waals surface area contributed by atoms with Crippen molar-refractivity contribution < 1.29 is 13.9 Å². The van der Waals surface area contributed by atoms with Gasteiger partial charge in [0.25, 0.3) is 5.91 Å². The van der Waals surface area contributed by atoms with Crippen LogP contribution in [0, 0.1) is 6.92 Å². The van der Waals surface area contributed by atoms with E-state index in [4.69, 9.17) is 20.8 Å². The lowest BCUT2D eigenvalue weighted by Crippen LogP contribution is -2.41. The van der Waals surface area contributed by atoms with E-state index in [9.17, 15) is 4.79 Å². The number of likely N-dealkylation sites (tertiary alicyclic amines) is 1. The first-order valence-electron chi connectivity index (χ1n) is 9.06. The first kappa shape index (κ1) is 18.8. The van der Waals surface area contributed by atoms with Crippen molar-refractivity contribution in [1.29, 1.82) is 0 Å². The predicted octanol–water partition coefficient (Wildman–Crippen LogP) is 3.96. The van der Waals surface area contributed by atoms with E-state index in [2.05, 4.69) is 10.2 Å². The molecule has 1 fully saturated rings. The second-order valence-corrected chi connectivity index (χ2v) is 7.04. The van der Waals surface area contributed by atoms with Gasteiger partial charge in [-0.15, -0.1) is 0 Å². The van der Waals surface area contributed by atoms with Crippen LogP contribution in [0.15, 0.2) is 41.0 Å². The van der Waals surface area contributed by atoms with Gasteiger partial charge in [-0.25, -0.2) is 0 Å². The van der Waals surface area contributed by atoms with Gasteiger partial charge >= 0.3 is 0 Å². The molecular formula is C20H25ClN2O3. The molecule has 1 aromatic carbocycles. The van der Waals surface area contributed by atoms with Crippen LogP contribution in [0.25, 0.3) is 0 Å². The Bertz CT molecular complexity index is 712. The number of nitrogens with zero attached hydrogens (tertiary/aromatic N) is 1. The van der Waals surface area contributed by atoms with Gasteiger partial charge in [-0.3, -0.25) is 9.69 Å². The number of piperidine rings is 1. The Morgan fingerprint density at radius 1 is 1.31 bits per heavy atom. The van der Waals surface area contributed by atoms with E-state index in [0.29, 0.717) is 17.3 Å². The molecule has 0 aliphatic carbocycles. The van der Waals surface area contributed by atoms with Crippen molar-refractivity contribution in [2.75, 3.05) is 26.2 Å². The van der Waals surface area contributed by atoms with Crippen LogP contribution in [0.4, 0.5) is 0 Å². The maximum absolute atomic E-state index is 12.2. The van der Waals surface area contributed by atoms with Crippen molar-refractivity contribution in [3.8, 4) is 5.75 Å². The third-order valence-electron chi connectivity index (χ3n) is 4.69. The van der Waals surface area contributed by atoms with Crippen LogP contribution in [-0.2, 0) is 4.79 Å². The van der Waals surface area contributed by atoms with Crippen molar-refractivity contribution in [2.45, 2.75) is 32.2 Å². The predicted molar refractivity (Wildman–Crippen MR) is 102 cm³/mol. The molecule has 26 heavy (non-hydrogen) atoms. The fourth-order valence-corrected chi connectivity index (χ4v) is 3.36. The monoisotopic (exact) mass is 376 g/mol. The molecular weight excluding hydrogens is 352 g/mol. The molecule has 1 saturated heterocycles. The van der Waals surface area contributed by atoms with Crippen LogP contribution >= 0.6 is 11.6 Å². The maximum Gasteiger partial charge on any atom is 0.258 e. The third kappa shape index (κ3) is 5.02. The standard InChI is InChI=1S/C20H25ClN2O3/c1-15-12-16(7-8-17(15)21)26-14-20(24)22-13-18(19-6-5-11-25-19)23-9-3-2-4-10-23/h5-8,11-12,18H,2-4,9-10,13-14H2,1H3,(H,22,24)/t18-/m0/s1. The Morgan fingerprint density at radius 3 is 2.81 bits per heavy atom. The summed E-state index contributed by atoms with van der Waals surface area (Å²) >= 11 is 6.00. The van der Waals surface area contributed by atoms with Gasteiger partial charge in [-0.2, -0.15) is 0 Å². The maximum atomic E-state index is 12.2. The van der Waals surface area contributed by atoms with Gasteiger partial charge in [0.05, 0.1) is 12.3 Å². The summed E-state index contributed by atoms with van der Waals surface area (Å²) in [6.45, 7) is 4.45. The highest BCUT2D eigenvalue weighted by atomic mass is 35.5. The highest BCUT2D eigenvalue weighted by molar-refractivity contribution is 6.31. The quantitative estimate of drug-likeness (QED) is 0.794. The van der Waals surface area contributed by atoms with E-state index in [1.165, 1.54) is 19.3 Å². The summed E-state index contributed by atoms with van der Waals surface area (Å²) in [5.41, 5.74) is 0.924. The average molecular weight is 377 g/mol. The number of carbonyl (C=O) groups is 1. The number of carbonyl (C=O) groups excluding carboxylic acids is 1. The van der Waals surface area contributed by atoms with Gasteiger partial charge in [0.1, 0.15) is 11.5 Å². The van der Waals surface area contributed by atoms with Crippen LogP contribution in [-0.4, -0.2) is 37.0 Å². The SMILES string of the molecule is Cc1cc(OCC(=O)NC[C@@H](c2ccco2)N2CCCCC2)ccc1Cl. The number of halogens is 1. The molecule has 6 heteroatoms. The molecule has 0 radical (unpaired) electrons. The van der Waals surface area contributed by atoms with E-state index in [-0.39, 0.29) is 18.6 Å². The molecule has 1 atom stereocenters. The van der Waals surface area contributed by atoms with Crippen LogP contribution < -0.4 is 10.1 Å². The summed E-state index contributed by atoms with van der Waals surface area (Å²) in [4.78, 5) is 14.6. The molecule has 2 aromatic rings. The van der Waals surface area contributed by atoms with Gasteiger partial charge in [0.2, 0.25) is 0 Å². The fraction of sp³-hybridized carbons (Fsp3) is 0.450. The molecule has 1 N–H and O–H groups in total. The molecule has 3 rings (SSSR count). The number of rotatable bonds is 7. The number of aryl methyl sites for hydroxylation is 1. The Balaban J connectivity index is 1.52. The zero-order valence-corrected chi connectivity index (χ0v) is 15.8. The minimum atomic E-state index is -0.147. The summed E-state index contributed by atoms with van der Waals surface area (Å²) in [5, 5.41) is 3.66. The highest BCUT2D eigenvalue weighted by Gasteiger charge is 2.24. The summed E-state index contributed by atoms with van der Waals surface area (Å²) in [7, 11) is 0. The van der Waals surface area contributed by atoms with Gasteiger partial charge < -0.3 is 14.5 Å². The molecule has 2 heterocycles. The summed E-state index contributed by atoms with van der Waals surface area (Å²) < 4.78 is 11.2. The van der Waals surface area contributed by atoms with Crippen molar-refractivity contribution in [1.82, 2.24) is 10.2 Å². The minimum Gasteiger partial charge on any atom is -0.484 e. The Morgan fingerprint density at radius 2 is 2.12 bits per heavy atom. The lowest BCUT2D eigenvalue weighted by molar-refractivity contribution is -0.123. The summed E-state index contributed by atoms with van der Waals surface area (Å²) in [5.74, 6) is 1.38. The summed E-state index contributed by atoms with van der Waals surface area (Å²) in [6.07, 6.45) is 5.32. The molecule has 1 aliphatic rings. The van der Waals surface area contributed by atoms with Crippen LogP contribution in [0.2, 0.25) is 5.02 Å². The van der Waals surface area contributed by atoms with E-state index >= 15 is 0 Å². The molecule has 0 saturated carbocycles. The molecule has 0 spiro atoms. The Kier molecular flexibility index (Phi) is 6.58. The van der Waals surface area contributed by atoms with Crippen molar-refractivity contribution in [3.63, 3.8) is 0 Å². The first-order chi connectivity index (χ1) is 12.6. The van der Waals surface area contributed by atoms with Gasteiger partial charge in [0, 0.05) is 11.6 Å². The largest absolute Gasteiger partial charge is 0.484 e. The van der Waals surface area contributed by atoms with E-state index in [1.807, 2.05) is 25.1 Å². The van der Waals surface area contributed by atoms with E-state index < -0.39 is 0 Å².